The lowest BCUT2D eigenvalue weighted by molar-refractivity contribution is -0.274. The van der Waals surface area contributed by atoms with E-state index in [0.717, 1.165) is 18.2 Å². The number of halogens is 6. The van der Waals surface area contributed by atoms with E-state index in [9.17, 15) is 26.3 Å². The fraction of sp³-hybridized carbons (Fsp3) is 0.125. The number of hydrogen-bond donors (Lipinski definition) is 0. The summed E-state index contributed by atoms with van der Waals surface area (Å²) < 4.78 is 80.6. The van der Waals surface area contributed by atoms with E-state index in [-0.39, 0.29) is 11.1 Å². The van der Waals surface area contributed by atoms with Crippen molar-refractivity contribution in [2.45, 2.75) is 12.5 Å². The van der Waals surface area contributed by atoms with Crippen LogP contribution >= 0.6 is 0 Å². The molecule has 0 amide bonds. The van der Waals surface area contributed by atoms with E-state index in [1.807, 2.05) is 0 Å². The average molecular weight is 330 g/mol. The second-order valence-electron chi connectivity index (χ2n) is 4.45. The lowest BCUT2D eigenvalue weighted by Gasteiger charge is -2.17. The van der Waals surface area contributed by atoms with Crippen molar-refractivity contribution in [2.24, 2.45) is 0 Å². The SMILES string of the molecule is C#Cc1ccc(-c2ccccc2OC(F)(F)F)c(C(F)(F)F)c1. The van der Waals surface area contributed by atoms with Crippen LogP contribution in [-0.2, 0) is 6.18 Å². The first-order valence-electron chi connectivity index (χ1n) is 6.15. The standard InChI is InChI=1S/C16H8F6O/c1-2-10-7-8-11(13(9-10)15(17,18)19)12-5-3-4-6-14(12)23-16(20,21)22/h1,3-9H. The number of alkyl halides is 6. The van der Waals surface area contributed by atoms with E-state index >= 15 is 0 Å². The summed E-state index contributed by atoms with van der Waals surface area (Å²) in [5.41, 5.74) is -1.95. The van der Waals surface area contributed by atoms with Crippen molar-refractivity contribution in [3.63, 3.8) is 0 Å². The smallest absolute Gasteiger partial charge is 0.405 e. The highest BCUT2D eigenvalue weighted by Gasteiger charge is 2.36. The zero-order chi connectivity index (χ0) is 17.3. The minimum Gasteiger partial charge on any atom is -0.405 e. The molecule has 0 aromatic heterocycles. The van der Waals surface area contributed by atoms with Gasteiger partial charge in [-0.1, -0.05) is 30.2 Å². The third-order valence-corrected chi connectivity index (χ3v) is 2.89. The zero-order valence-corrected chi connectivity index (χ0v) is 11.3. The number of para-hydroxylation sites is 1. The lowest BCUT2D eigenvalue weighted by atomic mass is 9.96. The van der Waals surface area contributed by atoms with Crippen molar-refractivity contribution in [3.8, 4) is 29.2 Å². The van der Waals surface area contributed by atoms with Crippen LogP contribution in [0.2, 0.25) is 0 Å². The molecule has 0 unspecified atom stereocenters. The largest absolute Gasteiger partial charge is 0.573 e. The van der Waals surface area contributed by atoms with Gasteiger partial charge in [-0.2, -0.15) is 13.2 Å². The number of hydrogen-bond acceptors (Lipinski definition) is 1. The maximum atomic E-state index is 13.2. The van der Waals surface area contributed by atoms with Crippen LogP contribution in [0.5, 0.6) is 5.75 Å². The second kappa shape index (κ2) is 5.88. The van der Waals surface area contributed by atoms with E-state index < -0.39 is 29.4 Å². The number of ether oxygens (including phenoxy) is 1. The molecule has 0 atom stereocenters. The highest BCUT2D eigenvalue weighted by molar-refractivity contribution is 5.74. The second-order valence-corrected chi connectivity index (χ2v) is 4.45. The number of benzene rings is 2. The minimum atomic E-state index is -5.02. The summed E-state index contributed by atoms with van der Waals surface area (Å²) in [6, 6.07) is 7.55. The molecule has 0 heterocycles. The first kappa shape index (κ1) is 16.7. The molecular formula is C16H8F6O. The molecular weight excluding hydrogens is 322 g/mol. The van der Waals surface area contributed by atoms with Crippen molar-refractivity contribution in [1.29, 1.82) is 0 Å². The summed E-state index contributed by atoms with van der Waals surface area (Å²) in [4.78, 5) is 0. The molecule has 0 spiro atoms. The Morgan fingerprint density at radius 2 is 1.52 bits per heavy atom. The van der Waals surface area contributed by atoms with Gasteiger partial charge in [-0.05, 0) is 23.8 Å². The molecule has 0 bridgehead atoms. The third kappa shape index (κ3) is 3.97. The molecule has 120 valence electrons. The van der Waals surface area contributed by atoms with E-state index in [1.165, 1.54) is 18.2 Å². The molecule has 0 radical (unpaired) electrons. The van der Waals surface area contributed by atoms with Crippen LogP contribution in [0, 0.1) is 12.3 Å². The maximum Gasteiger partial charge on any atom is 0.573 e. The van der Waals surface area contributed by atoms with E-state index in [1.54, 1.807) is 0 Å². The van der Waals surface area contributed by atoms with Crippen LogP contribution in [0.15, 0.2) is 42.5 Å². The first-order chi connectivity index (χ1) is 10.6. The van der Waals surface area contributed by atoms with Gasteiger partial charge in [0.25, 0.3) is 0 Å². The summed E-state index contributed by atoms with van der Waals surface area (Å²) in [6.45, 7) is 0. The summed E-state index contributed by atoms with van der Waals surface area (Å²) >= 11 is 0. The maximum absolute atomic E-state index is 13.2. The Morgan fingerprint density at radius 3 is 2.09 bits per heavy atom. The van der Waals surface area contributed by atoms with Crippen LogP contribution in [0.4, 0.5) is 26.3 Å². The normalized spacial score (nSPS) is 11.9. The lowest BCUT2D eigenvalue weighted by Crippen LogP contribution is -2.18. The average Bonchev–Trinajstić information content (AvgIpc) is 2.45. The first-order valence-corrected chi connectivity index (χ1v) is 6.15. The van der Waals surface area contributed by atoms with Gasteiger partial charge in [0.15, 0.2) is 0 Å². The molecule has 7 heteroatoms. The monoisotopic (exact) mass is 330 g/mol. The van der Waals surface area contributed by atoms with Gasteiger partial charge in [-0.25, -0.2) is 0 Å². The Hall–Kier alpha value is -2.62. The number of rotatable bonds is 2. The summed E-state index contributed by atoms with van der Waals surface area (Å²) in [5, 5.41) is 0. The Labute approximate surface area is 127 Å². The van der Waals surface area contributed by atoms with Crippen molar-refractivity contribution in [2.75, 3.05) is 0 Å². The Morgan fingerprint density at radius 1 is 0.870 bits per heavy atom. The molecule has 23 heavy (non-hydrogen) atoms. The topological polar surface area (TPSA) is 9.23 Å². The molecule has 0 fully saturated rings. The van der Waals surface area contributed by atoms with Crippen molar-refractivity contribution >= 4 is 0 Å². The molecule has 0 N–H and O–H groups in total. The predicted octanol–water partition coefficient (Wildman–Crippen LogP) is 5.25. The third-order valence-electron chi connectivity index (χ3n) is 2.89. The van der Waals surface area contributed by atoms with Crippen molar-refractivity contribution < 1.29 is 31.1 Å². The van der Waals surface area contributed by atoms with Crippen molar-refractivity contribution in [1.82, 2.24) is 0 Å². The van der Waals surface area contributed by atoms with Gasteiger partial charge in [0.1, 0.15) is 5.75 Å². The van der Waals surface area contributed by atoms with Crippen LogP contribution in [0.25, 0.3) is 11.1 Å². The molecule has 0 saturated carbocycles. The fourth-order valence-corrected chi connectivity index (χ4v) is 2.01. The van der Waals surface area contributed by atoms with E-state index in [0.29, 0.717) is 6.07 Å². The summed E-state index contributed by atoms with van der Waals surface area (Å²) in [7, 11) is 0. The van der Waals surface area contributed by atoms with Gasteiger partial charge in [0.2, 0.25) is 0 Å². The Balaban J connectivity index is 2.66. The van der Waals surface area contributed by atoms with Gasteiger partial charge in [-0.3, -0.25) is 0 Å². The molecule has 2 aromatic carbocycles. The molecule has 0 saturated heterocycles. The van der Waals surface area contributed by atoms with Crippen LogP contribution in [0.1, 0.15) is 11.1 Å². The fourth-order valence-electron chi connectivity index (χ4n) is 2.01. The van der Waals surface area contributed by atoms with Gasteiger partial charge in [-0.15, -0.1) is 19.6 Å². The molecule has 1 nitrogen and oxygen atoms in total. The summed E-state index contributed by atoms with van der Waals surface area (Å²) in [6.07, 6.45) is -4.73. The Kier molecular flexibility index (Phi) is 4.28. The number of terminal acetylenes is 1. The van der Waals surface area contributed by atoms with Crippen LogP contribution in [-0.4, -0.2) is 6.36 Å². The highest BCUT2D eigenvalue weighted by atomic mass is 19.4. The van der Waals surface area contributed by atoms with E-state index in [2.05, 4.69) is 10.7 Å². The van der Waals surface area contributed by atoms with Crippen molar-refractivity contribution in [3.05, 3.63) is 53.6 Å². The molecule has 0 aliphatic rings. The molecule has 0 aliphatic carbocycles. The van der Waals surface area contributed by atoms with Gasteiger partial charge in [0, 0.05) is 11.1 Å². The van der Waals surface area contributed by atoms with Crippen LogP contribution < -0.4 is 4.74 Å². The Bertz CT molecular complexity index is 752. The molecule has 0 aliphatic heterocycles. The van der Waals surface area contributed by atoms with E-state index in [4.69, 9.17) is 6.42 Å². The molecule has 2 rings (SSSR count). The van der Waals surface area contributed by atoms with Crippen LogP contribution in [0.3, 0.4) is 0 Å². The quantitative estimate of drug-likeness (QED) is 0.540. The minimum absolute atomic E-state index is 0.0321. The van der Waals surface area contributed by atoms with Gasteiger partial charge >= 0.3 is 12.5 Å². The predicted molar refractivity (Wildman–Crippen MR) is 71.5 cm³/mol. The van der Waals surface area contributed by atoms with Gasteiger partial charge in [0.05, 0.1) is 5.56 Å². The van der Waals surface area contributed by atoms with Gasteiger partial charge < -0.3 is 4.74 Å². The molecule has 2 aromatic rings. The zero-order valence-electron chi connectivity index (χ0n) is 11.3. The highest BCUT2D eigenvalue weighted by Crippen LogP contribution is 2.41. The summed E-state index contributed by atoms with van der Waals surface area (Å²) in [5.74, 6) is 1.34.